The molecule has 0 saturated carbocycles. The van der Waals surface area contributed by atoms with Crippen molar-refractivity contribution in [3.8, 4) is 0 Å². The van der Waals surface area contributed by atoms with Gasteiger partial charge in [0.1, 0.15) is 6.61 Å². The second-order valence-electron chi connectivity index (χ2n) is 4.21. The molecule has 102 valence electrons. The first-order chi connectivity index (χ1) is 8.59. The number of ether oxygens (including phenoxy) is 1. The predicted octanol–water partition coefficient (Wildman–Crippen LogP) is -0.465. The van der Waals surface area contributed by atoms with Crippen molar-refractivity contribution in [3.63, 3.8) is 0 Å². The highest BCUT2D eigenvalue weighted by molar-refractivity contribution is 7.91. The molecule has 1 aliphatic heterocycles. The van der Waals surface area contributed by atoms with Crippen LogP contribution in [0.1, 0.15) is 18.6 Å². The smallest absolute Gasteiger partial charge is 0.228 e. The van der Waals surface area contributed by atoms with Crippen LogP contribution >= 0.6 is 0 Å². The van der Waals surface area contributed by atoms with Gasteiger partial charge in [-0.05, 0) is 6.92 Å². The van der Waals surface area contributed by atoms with E-state index < -0.39 is 9.84 Å². The van der Waals surface area contributed by atoms with E-state index in [1.165, 1.54) is 0 Å². The third kappa shape index (κ3) is 3.76. The first-order valence-electron chi connectivity index (χ1n) is 5.92. The van der Waals surface area contributed by atoms with Crippen LogP contribution in [-0.2, 0) is 27.6 Å². The molecule has 0 aliphatic carbocycles. The number of aromatic nitrogens is 2. The van der Waals surface area contributed by atoms with Crippen molar-refractivity contribution in [1.82, 2.24) is 15.5 Å². The summed E-state index contributed by atoms with van der Waals surface area (Å²) < 4.78 is 33.2. The van der Waals surface area contributed by atoms with Gasteiger partial charge in [0.2, 0.25) is 5.89 Å². The average Bonchev–Trinajstić information content (AvgIpc) is 2.73. The molecule has 2 rings (SSSR count). The van der Waals surface area contributed by atoms with Crippen LogP contribution in [-0.4, -0.2) is 49.3 Å². The standard InChI is InChI=1S/C10H17N3O4S/c1-2-16-6-9-12-10(17-13-9)5-8-7-18(14,15)4-3-11-8/h8,11H,2-7H2,1H3. The van der Waals surface area contributed by atoms with Gasteiger partial charge < -0.3 is 14.6 Å². The Labute approximate surface area is 106 Å². The molecular weight excluding hydrogens is 258 g/mol. The van der Waals surface area contributed by atoms with Crippen LogP contribution in [0.15, 0.2) is 4.52 Å². The summed E-state index contributed by atoms with van der Waals surface area (Å²) in [4.78, 5) is 4.15. The van der Waals surface area contributed by atoms with E-state index in [2.05, 4.69) is 15.5 Å². The highest BCUT2D eigenvalue weighted by Crippen LogP contribution is 2.08. The van der Waals surface area contributed by atoms with Crippen LogP contribution in [0, 0.1) is 0 Å². The van der Waals surface area contributed by atoms with Crippen molar-refractivity contribution in [3.05, 3.63) is 11.7 Å². The summed E-state index contributed by atoms with van der Waals surface area (Å²) in [5, 5.41) is 6.90. The Morgan fingerprint density at radius 3 is 3.11 bits per heavy atom. The Hall–Kier alpha value is -0.990. The van der Waals surface area contributed by atoms with Crippen molar-refractivity contribution in [1.29, 1.82) is 0 Å². The van der Waals surface area contributed by atoms with Gasteiger partial charge in [-0.15, -0.1) is 0 Å². The number of hydrogen-bond donors (Lipinski definition) is 1. The molecule has 1 atom stereocenters. The van der Waals surface area contributed by atoms with Crippen molar-refractivity contribution in [2.24, 2.45) is 0 Å². The molecule has 1 fully saturated rings. The second kappa shape index (κ2) is 5.77. The van der Waals surface area contributed by atoms with Crippen molar-refractivity contribution < 1.29 is 17.7 Å². The molecule has 0 radical (unpaired) electrons. The maximum atomic E-state index is 11.5. The van der Waals surface area contributed by atoms with Gasteiger partial charge in [0.15, 0.2) is 15.7 Å². The number of rotatable bonds is 5. The van der Waals surface area contributed by atoms with E-state index in [4.69, 9.17) is 9.26 Å². The quantitative estimate of drug-likeness (QED) is 0.776. The maximum absolute atomic E-state index is 11.5. The third-order valence-corrected chi connectivity index (χ3v) is 4.40. The maximum Gasteiger partial charge on any atom is 0.228 e. The zero-order valence-electron chi connectivity index (χ0n) is 10.3. The largest absolute Gasteiger partial charge is 0.374 e. The highest BCUT2D eigenvalue weighted by Gasteiger charge is 2.25. The van der Waals surface area contributed by atoms with Crippen molar-refractivity contribution in [2.75, 3.05) is 24.7 Å². The van der Waals surface area contributed by atoms with Crippen molar-refractivity contribution >= 4 is 9.84 Å². The predicted molar refractivity (Wildman–Crippen MR) is 63.8 cm³/mol. The van der Waals surface area contributed by atoms with Gasteiger partial charge in [-0.2, -0.15) is 4.98 Å². The van der Waals surface area contributed by atoms with Crippen LogP contribution < -0.4 is 5.32 Å². The highest BCUT2D eigenvalue weighted by atomic mass is 32.2. The molecule has 0 amide bonds. The van der Waals surface area contributed by atoms with E-state index in [0.717, 1.165) is 0 Å². The number of hydrogen-bond acceptors (Lipinski definition) is 7. The monoisotopic (exact) mass is 275 g/mol. The van der Waals surface area contributed by atoms with Crippen LogP contribution in [0.25, 0.3) is 0 Å². The molecule has 1 aromatic heterocycles. The van der Waals surface area contributed by atoms with E-state index >= 15 is 0 Å². The lowest BCUT2D eigenvalue weighted by Crippen LogP contribution is -2.46. The zero-order chi connectivity index (χ0) is 13.0. The van der Waals surface area contributed by atoms with Crippen LogP contribution in [0.2, 0.25) is 0 Å². The van der Waals surface area contributed by atoms with Gasteiger partial charge in [0.05, 0.1) is 11.5 Å². The molecule has 18 heavy (non-hydrogen) atoms. The Kier molecular flexibility index (Phi) is 4.31. The molecule has 1 unspecified atom stereocenters. The molecule has 0 bridgehead atoms. The summed E-state index contributed by atoms with van der Waals surface area (Å²) in [6, 6.07) is -0.149. The third-order valence-electron chi connectivity index (χ3n) is 2.67. The van der Waals surface area contributed by atoms with E-state index in [1.54, 1.807) is 0 Å². The molecule has 1 aromatic rings. The average molecular weight is 275 g/mol. The van der Waals surface area contributed by atoms with Crippen LogP contribution in [0.4, 0.5) is 0 Å². The number of nitrogens with zero attached hydrogens (tertiary/aromatic N) is 2. The van der Waals surface area contributed by atoms with Crippen LogP contribution in [0.3, 0.4) is 0 Å². The molecular formula is C10H17N3O4S. The fraction of sp³-hybridized carbons (Fsp3) is 0.800. The summed E-state index contributed by atoms with van der Waals surface area (Å²) in [6.07, 6.45) is 0.429. The Morgan fingerprint density at radius 1 is 1.56 bits per heavy atom. The van der Waals surface area contributed by atoms with Gasteiger partial charge >= 0.3 is 0 Å². The summed E-state index contributed by atoms with van der Waals surface area (Å²) in [5.74, 6) is 1.25. The number of nitrogens with one attached hydrogen (secondary N) is 1. The van der Waals surface area contributed by atoms with Gasteiger partial charge in [0, 0.05) is 25.6 Å². The van der Waals surface area contributed by atoms with Crippen molar-refractivity contribution in [2.45, 2.75) is 26.0 Å². The topological polar surface area (TPSA) is 94.3 Å². The Morgan fingerprint density at radius 2 is 2.39 bits per heavy atom. The summed E-state index contributed by atoms with van der Waals surface area (Å²) in [5.41, 5.74) is 0. The lowest BCUT2D eigenvalue weighted by molar-refractivity contribution is 0.126. The van der Waals surface area contributed by atoms with E-state index in [0.29, 0.717) is 37.9 Å². The van der Waals surface area contributed by atoms with Gasteiger partial charge in [-0.3, -0.25) is 0 Å². The first-order valence-corrected chi connectivity index (χ1v) is 7.74. The van der Waals surface area contributed by atoms with Gasteiger partial charge in [-0.25, -0.2) is 8.42 Å². The van der Waals surface area contributed by atoms with E-state index in [9.17, 15) is 8.42 Å². The minimum absolute atomic E-state index is 0.121. The Balaban J connectivity index is 1.91. The van der Waals surface area contributed by atoms with E-state index in [1.807, 2.05) is 6.92 Å². The SMILES string of the molecule is CCOCc1noc(CC2CS(=O)(=O)CCN2)n1. The number of sulfone groups is 1. The minimum atomic E-state index is -2.94. The normalized spacial score (nSPS) is 23.1. The first kappa shape index (κ1) is 13.4. The molecule has 8 heteroatoms. The molecule has 7 nitrogen and oxygen atoms in total. The zero-order valence-corrected chi connectivity index (χ0v) is 11.1. The van der Waals surface area contributed by atoms with Crippen LogP contribution in [0.5, 0.6) is 0 Å². The minimum Gasteiger partial charge on any atom is -0.374 e. The molecule has 2 heterocycles. The summed E-state index contributed by atoms with van der Waals surface area (Å²) in [7, 11) is -2.94. The lowest BCUT2D eigenvalue weighted by atomic mass is 10.2. The summed E-state index contributed by atoms with van der Waals surface area (Å²) >= 11 is 0. The fourth-order valence-corrected chi connectivity index (χ4v) is 3.28. The molecule has 0 spiro atoms. The molecule has 0 aromatic carbocycles. The fourth-order valence-electron chi connectivity index (χ4n) is 1.83. The lowest BCUT2D eigenvalue weighted by Gasteiger charge is -2.21. The summed E-state index contributed by atoms with van der Waals surface area (Å²) in [6.45, 7) is 3.27. The molecule has 1 aliphatic rings. The van der Waals surface area contributed by atoms with Gasteiger partial charge in [0.25, 0.3) is 0 Å². The second-order valence-corrected chi connectivity index (χ2v) is 6.44. The molecule has 1 N–H and O–H groups in total. The Bertz CT molecular complexity index is 485. The van der Waals surface area contributed by atoms with E-state index in [-0.39, 0.29) is 17.5 Å². The molecule has 1 saturated heterocycles. The van der Waals surface area contributed by atoms with Gasteiger partial charge in [-0.1, -0.05) is 5.16 Å².